The van der Waals surface area contributed by atoms with Crippen molar-refractivity contribution in [2.75, 3.05) is 28.2 Å². The van der Waals surface area contributed by atoms with Crippen molar-refractivity contribution in [3.8, 4) is 0 Å². The molecule has 2 aromatic carbocycles. The quantitative estimate of drug-likeness (QED) is 0.768. The average molecular weight is 246 g/mol. The van der Waals surface area contributed by atoms with E-state index in [1.54, 1.807) is 0 Å². The number of hydrogen-bond donors (Lipinski definition) is 0. The van der Waals surface area contributed by atoms with Gasteiger partial charge in [-0.05, 0) is 39.0 Å². The Balaban J connectivity index is 2.61. The molecule has 0 fully saturated rings. The molecule has 0 radical (unpaired) electrons. The van der Waals surface area contributed by atoms with Crippen LogP contribution in [0.3, 0.4) is 0 Å². The Bertz CT molecular complexity index is 495. The summed E-state index contributed by atoms with van der Waals surface area (Å²) in [6, 6.07) is 15.2. The SMILES string of the molecule is CN(C)P(c1cccc2ccccc12)N(C)C. The molecule has 2 rings (SSSR count). The van der Waals surface area contributed by atoms with Crippen LogP contribution in [0.25, 0.3) is 10.8 Å². The van der Waals surface area contributed by atoms with Crippen LogP contribution < -0.4 is 5.30 Å². The minimum Gasteiger partial charge on any atom is -0.272 e. The van der Waals surface area contributed by atoms with E-state index in [9.17, 15) is 0 Å². The molecule has 0 aliphatic rings. The van der Waals surface area contributed by atoms with Crippen molar-refractivity contribution >= 4 is 24.3 Å². The van der Waals surface area contributed by atoms with E-state index >= 15 is 0 Å². The van der Waals surface area contributed by atoms with E-state index in [1.807, 2.05) is 0 Å². The zero-order chi connectivity index (χ0) is 12.4. The molecule has 3 heteroatoms. The second-order valence-corrected chi connectivity index (χ2v) is 7.14. The first kappa shape index (κ1) is 12.5. The first-order valence-corrected chi connectivity index (χ1v) is 6.98. The highest BCUT2D eigenvalue weighted by Crippen LogP contribution is 2.40. The minimum absolute atomic E-state index is 0.407. The second-order valence-electron chi connectivity index (χ2n) is 4.48. The van der Waals surface area contributed by atoms with Crippen LogP contribution in [0.4, 0.5) is 0 Å². The second kappa shape index (κ2) is 5.14. The predicted molar refractivity (Wildman–Crippen MR) is 77.9 cm³/mol. The van der Waals surface area contributed by atoms with Crippen molar-refractivity contribution in [3.05, 3.63) is 42.5 Å². The zero-order valence-corrected chi connectivity index (χ0v) is 11.8. The van der Waals surface area contributed by atoms with Gasteiger partial charge in [0.25, 0.3) is 0 Å². The molecule has 0 saturated carbocycles. The van der Waals surface area contributed by atoms with Crippen LogP contribution >= 0.6 is 8.22 Å². The van der Waals surface area contributed by atoms with Gasteiger partial charge in [0.15, 0.2) is 0 Å². The van der Waals surface area contributed by atoms with Crippen molar-refractivity contribution in [2.45, 2.75) is 0 Å². The van der Waals surface area contributed by atoms with Crippen molar-refractivity contribution in [1.29, 1.82) is 0 Å². The van der Waals surface area contributed by atoms with E-state index in [0.717, 1.165) is 0 Å². The Morgan fingerprint density at radius 2 is 1.35 bits per heavy atom. The molecular formula is C14H19N2P. The first-order valence-electron chi connectivity index (χ1n) is 5.73. The maximum Gasteiger partial charge on any atom is 0.0720 e. The van der Waals surface area contributed by atoms with Crippen LogP contribution in [0.2, 0.25) is 0 Å². The standard InChI is InChI=1S/C14H19N2P/c1-15(2)17(16(3)4)14-11-7-9-12-8-5-6-10-13(12)14/h5-11H,1-4H3. The highest BCUT2D eigenvalue weighted by Gasteiger charge is 2.18. The normalized spacial score (nSPS) is 11.9. The summed E-state index contributed by atoms with van der Waals surface area (Å²) in [5, 5.41) is 4.11. The third kappa shape index (κ3) is 2.50. The zero-order valence-electron chi connectivity index (χ0n) is 10.9. The molecular weight excluding hydrogens is 227 g/mol. The molecule has 0 heterocycles. The van der Waals surface area contributed by atoms with Crippen LogP contribution in [0, 0.1) is 0 Å². The summed E-state index contributed by atoms with van der Waals surface area (Å²) >= 11 is 0. The van der Waals surface area contributed by atoms with Gasteiger partial charge in [-0.2, -0.15) is 0 Å². The van der Waals surface area contributed by atoms with Gasteiger partial charge in [-0.1, -0.05) is 42.5 Å². The summed E-state index contributed by atoms with van der Waals surface area (Å²) in [5.74, 6) is 0. The molecule has 0 atom stereocenters. The Hall–Kier alpha value is -0.950. The maximum absolute atomic E-state index is 2.30. The molecule has 2 aromatic rings. The van der Waals surface area contributed by atoms with Gasteiger partial charge in [-0.15, -0.1) is 0 Å². The van der Waals surface area contributed by atoms with E-state index in [0.29, 0.717) is 0 Å². The summed E-state index contributed by atoms with van der Waals surface area (Å²) in [4.78, 5) is 0. The highest BCUT2D eigenvalue weighted by molar-refractivity contribution is 7.61. The third-order valence-corrected chi connectivity index (χ3v) is 5.08. The lowest BCUT2D eigenvalue weighted by molar-refractivity contribution is 0.584. The largest absolute Gasteiger partial charge is 0.272 e. The number of rotatable bonds is 3. The highest BCUT2D eigenvalue weighted by atomic mass is 31.1. The van der Waals surface area contributed by atoms with E-state index < -0.39 is 8.22 Å². The van der Waals surface area contributed by atoms with E-state index in [4.69, 9.17) is 0 Å². The minimum atomic E-state index is -0.407. The Kier molecular flexibility index (Phi) is 3.78. The van der Waals surface area contributed by atoms with Crippen LogP contribution in [-0.2, 0) is 0 Å². The molecule has 2 nitrogen and oxygen atoms in total. The Morgan fingerprint density at radius 3 is 2.00 bits per heavy atom. The fraction of sp³-hybridized carbons (Fsp3) is 0.286. The summed E-state index contributed by atoms with van der Waals surface area (Å²) < 4.78 is 4.61. The summed E-state index contributed by atoms with van der Waals surface area (Å²) in [6.45, 7) is 0. The number of benzene rings is 2. The molecule has 0 amide bonds. The molecule has 90 valence electrons. The van der Waals surface area contributed by atoms with Gasteiger partial charge >= 0.3 is 0 Å². The number of nitrogens with zero attached hydrogens (tertiary/aromatic N) is 2. The van der Waals surface area contributed by atoms with Crippen LogP contribution in [0.15, 0.2) is 42.5 Å². The van der Waals surface area contributed by atoms with E-state index in [2.05, 4.69) is 80.0 Å². The van der Waals surface area contributed by atoms with Crippen LogP contribution in [0.5, 0.6) is 0 Å². The van der Waals surface area contributed by atoms with Gasteiger partial charge in [0, 0.05) is 5.30 Å². The molecule has 0 bridgehead atoms. The molecule has 0 spiro atoms. The lowest BCUT2D eigenvalue weighted by atomic mass is 10.1. The van der Waals surface area contributed by atoms with Gasteiger partial charge in [0.05, 0.1) is 8.22 Å². The van der Waals surface area contributed by atoms with Crippen molar-refractivity contribution in [3.63, 3.8) is 0 Å². The molecule has 0 unspecified atom stereocenters. The Labute approximate surface area is 105 Å². The molecule has 0 aliphatic carbocycles. The fourth-order valence-electron chi connectivity index (χ4n) is 2.17. The van der Waals surface area contributed by atoms with Gasteiger partial charge in [-0.3, -0.25) is 9.34 Å². The lowest BCUT2D eigenvalue weighted by Gasteiger charge is -2.31. The Morgan fingerprint density at radius 1 is 0.765 bits per heavy atom. The lowest BCUT2D eigenvalue weighted by Crippen LogP contribution is -2.24. The molecule has 0 N–H and O–H groups in total. The van der Waals surface area contributed by atoms with Gasteiger partial charge in [-0.25, -0.2) is 0 Å². The molecule has 17 heavy (non-hydrogen) atoms. The first-order chi connectivity index (χ1) is 8.11. The van der Waals surface area contributed by atoms with Crippen LogP contribution in [-0.4, -0.2) is 37.5 Å². The number of fused-ring (bicyclic) bond motifs is 1. The van der Waals surface area contributed by atoms with Gasteiger partial charge < -0.3 is 0 Å². The topological polar surface area (TPSA) is 6.48 Å². The van der Waals surface area contributed by atoms with Crippen molar-refractivity contribution in [2.24, 2.45) is 0 Å². The van der Waals surface area contributed by atoms with Gasteiger partial charge in [0.2, 0.25) is 0 Å². The monoisotopic (exact) mass is 246 g/mol. The molecule has 0 aliphatic heterocycles. The fourth-order valence-corrected chi connectivity index (χ4v) is 4.39. The molecule has 0 saturated heterocycles. The number of hydrogen-bond acceptors (Lipinski definition) is 2. The van der Waals surface area contributed by atoms with Crippen molar-refractivity contribution in [1.82, 2.24) is 9.34 Å². The van der Waals surface area contributed by atoms with E-state index in [1.165, 1.54) is 16.1 Å². The third-order valence-electron chi connectivity index (χ3n) is 2.74. The van der Waals surface area contributed by atoms with Gasteiger partial charge in [0.1, 0.15) is 0 Å². The van der Waals surface area contributed by atoms with E-state index in [-0.39, 0.29) is 0 Å². The van der Waals surface area contributed by atoms with Crippen LogP contribution in [0.1, 0.15) is 0 Å². The van der Waals surface area contributed by atoms with Crippen molar-refractivity contribution < 1.29 is 0 Å². The predicted octanol–water partition coefficient (Wildman–Crippen LogP) is 2.90. The molecule has 0 aromatic heterocycles. The summed E-state index contributed by atoms with van der Waals surface area (Å²) in [5.41, 5.74) is 0. The smallest absolute Gasteiger partial charge is 0.0720 e. The maximum atomic E-state index is 2.30. The average Bonchev–Trinajstić information content (AvgIpc) is 2.28. The summed E-state index contributed by atoms with van der Waals surface area (Å²) in [7, 11) is 8.18. The summed E-state index contributed by atoms with van der Waals surface area (Å²) in [6.07, 6.45) is 0.